The molecule has 0 unspecified atom stereocenters. The van der Waals surface area contributed by atoms with Crippen molar-refractivity contribution in [2.24, 2.45) is 5.92 Å². The van der Waals surface area contributed by atoms with E-state index >= 15 is 0 Å². The molecule has 86 valence electrons. The molecule has 1 saturated heterocycles. The number of hydrogen-bond donors (Lipinski definition) is 0. The Bertz CT molecular complexity index is 386. The molecule has 0 bridgehead atoms. The van der Waals surface area contributed by atoms with Crippen LogP contribution in [0.5, 0.6) is 0 Å². The Balaban J connectivity index is 2.11. The van der Waals surface area contributed by atoms with Gasteiger partial charge in [-0.05, 0) is 24.8 Å². The van der Waals surface area contributed by atoms with Crippen LogP contribution >= 0.6 is 11.6 Å². The van der Waals surface area contributed by atoms with Crippen molar-refractivity contribution < 1.29 is 4.79 Å². The minimum absolute atomic E-state index is 0.0271. The Labute approximate surface area is 100 Å². The molecule has 0 saturated carbocycles. The van der Waals surface area contributed by atoms with E-state index in [9.17, 15) is 4.79 Å². The van der Waals surface area contributed by atoms with Crippen LogP contribution in [0, 0.1) is 5.92 Å². The summed E-state index contributed by atoms with van der Waals surface area (Å²) in [5.41, 5.74) is 0.561. The molecule has 1 aliphatic rings. The van der Waals surface area contributed by atoms with Gasteiger partial charge in [-0.15, -0.1) is 0 Å². The first-order valence-electron chi connectivity index (χ1n) is 5.57. The lowest BCUT2D eigenvalue weighted by atomic mass is 9.99. The van der Waals surface area contributed by atoms with Gasteiger partial charge in [0, 0.05) is 25.5 Å². The molecule has 0 spiro atoms. The van der Waals surface area contributed by atoms with Gasteiger partial charge in [-0.25, -0.2) is 0 Å². The smallest absolute Gasteiger partial charge is 0.255 e. The molecule has 1 aliphatic heterocycles. The molecule has 0 aliphatic carbocycles. The minimum Gasteiger partial charge on any atom is -0.339 e. The SMILES string of the molecule is CC1CCN(C(=O)c2ccncc2Cl)CC1. The van der Waals surface area contributed by atoms with Gasteiger partial charge >= 0.3 is 0 Å². The highest BCUT2D eigenvalue weighted by molar-refractivity contribution is 6.33. The first-order valence-corrected chi connectivity index (χ1v) is 5.95. The van der Waals surface area contributed by atoms with E-state index in [4.69, 9.17) is 11.6 Å². The van der Waals surface area contributed by atoms with E-state index in [-0.39, 0.29) is 5.91 Å². The van der Waals surface area contributed by atoms with Crippen LogP contribution in [0.25, 0.3) is 0 Å². The van der Waals surface area contributed by atoms with E-state index in [1.807, 2.05) is 4.90 Å². The summed E-state index contributed by atoms with van der Waals surface area (Å²) in [5.74, 6) is 0.747. The highest BCUT2D eigenvalue weighted by Crippen LogP contribution is 2.21. The van der Waals surface area contributed by atoms with Crippen LogP contribution in [0.4, 0.5) is 0 Å². The van der Waals surface area contributed by atoms with Gasteiger partial charge in [-0.3, -0.25) is 9.78 Å². The molecule has 0 N–H and O–H groups in total. The molecule has 3 nitrogen and oxygen atoms in total. The highest BCUT2D eigenvalue weighted by atomic mass is 35.5. The van der Waals surface area contributed by atoms with Gasteiger partial charge < -0.3 is 4.90 Å². The van der Waals surface area contributed by atoms with E-state index in [2.05, 4.69) is 11.9 Å². The maximum atomic E-state index is 12.1. The van der Waals surface area contributed by atoms with Gasteiger partial charge in [0.05, 0.1) is 10.6 Å². The number of piperidine rings is 1. The van der Waals surface area contributed by atoms with Gasteiger partial charge in [0.2, 0.25) is 0 Å². The number of rotatable bonds is 1. The van der Waals surface area contributed by atoms with Crippen molar-refractivity contribution in [1.29, 1.82) is 0 Å². The van der Waals surface area contributed by atoms with Crippen LogP contribution in [0.3, 0.4) is 0 Å². The van der Waals surface area contributed by atoms with Crippen molar-refractivity contribution >= 4 is 17.5 Å². The molecule has 0 atom stereocenters. The summed E-state index contributed by atoms with van der Waals surface area (Å²) in [7, 11) is 0. The predicted octanol–water partition coefficient (Wildman–Crippen LogP) is 2.61. The van der Waals surface area contributed by atoms with Crippen LogP contribution in [-0.2, 0) is 0 Å². The summed E-state index contributed by atoms with van der Waals surface area (Å²) < 4.78 is 0. The molecule has 1 aromatic heterocycles. The van der Waals surface area contributed by atoms with Crippen molar-refractivity contribution in [3.05, 3.63) is 29.0 Å². The number of carbonyl (C=O) groups excluding carboxylic acids is 1. The van der Waals surface area contributed by atoms with Crippen molar-refractivity contribution in [2.75, 3.05) is 13.1 Å². The number of amides is 1. The Morgan fingerprint density at radius 3 is 2.81 bits per heavy atom. The molecule has 1 fully saturated rings. The highest BCUT2D eigenvalue weighted by Gasteiger charge is 2.22. The summed E-state index contributed by atoms with van der Waals surface area (Å²) >= 11 is 5.96. The van der Waals surface area contributed by atoms with Gasteiger partial charge in [0.1, 0.15) is 0 Å². The third-order valence-corrected chi connectivity index (χ3v) is 3.37. The number of nitrogens with zero attached hydrogens (tertiary/aromatic N) is 2. The van der Waals surface area contributed by atoms with Crippen LogP contribution in [-0.4, -0.2) is 28.9 Å². The normalized spacial score (nSPS) is 17.5. The standard InChI is InChI=1S/C12H15ClN2O/c1-9-3-6-15(7-4-9)12(16)10-2-5-14-8-11(10)13/h2,5,8-9H,3-4,6-7H2,1H3. The quantitative estimate of drug-likeness (QED) is 0.754. The maximum Gasteiger partial charge on any atom is 0.255 e. The summed E-state index contributed by atoms with van der Waals surface area (Å²) in [5, 5.41) is 0.436. The Morgan fingerprint density at radius 2 is 2.19 bits per heavy atom. The lowest BCUT2D eigenvalue weighted by molar-refractivity contribution is 0.0697. The van der Waals surface area contributed by atoms with Crippen LogP contribution in [0.2, 0.25) is 5.02 Å². The van der Waals surface area contributed by atoms with E-state index < -0.39 is 0 Å². The monoisotopic (exact) mass is 238 g/mol. The fraction of sp³-hybridized carbons (Fsp3) is 0.500. The van der Waals surface area contributed by atoms with Crippen LogP contribution < -0.4 is 0 Å². The lowest BCUT2D eigenvalue weighted by Crippen LogP contribution is -2.38. The van der Waals surface area contributed by atoms with E-state index in [0.29, 0.717) is 10.6 Å². The fourth-order valence-corrected chi connectivity index (χ4v) is 2.13. The van der Waals surface area contributed by atoms with Gasteiger partial charge in [0.25, 0.3) is 5.91 Å². The van der Waals surface area contributed by atoms with Crippen LogP contribution in [0.15, 0.2) is 18.5 Å². The second-order valence-electron chi connectivity index (χ2n) is 4.33. The zero-order valence-electron chi connectivity index (χ0n) is 9.32. The summed E-state index contributed by atoms with van der Waals surface area (Å²) in [6.07, 6.45) is 5.27. The molecule has 0 radical (unpaired) electrons. The van der Waals surface area contributed by atoms with Gasteiger partial charge in [-0.2, -0.15) is 0 Å². The van der Waals surface area contributed by atoms with E-state index in [1.165, 1.54) is 6.20 Å². The largest absolute Gasteiger partial charge is 0.339 e. The van der Waals surface area contributed by atoms with Gasteiger partial charge in [-0.1, -0.05) is 18.5 Å². The van der Waals surface area contributed by atoms with Crippen molar-refractivity contribution in [3.63, 3.8) is 0 Å². The van der Waals surface area contributed by atoms with E-state index in [1.54, 1.807) is 12.3 Å². The van der Waals surface area contributed by atoms with Crippen molar-refractivity contribution in [3.8, 4) is 0 Å². The Kier molecular flexibility index (Phi) is 3.44. The number of hydrogen-bond acceptors (Lipinski definition) is 2. The number of halogens is 1. The number of likely N-dealkylation sites (tertiary alicyclic amines) is 1. The molecule has 2 heterocycles. The third kappa shape index (κ3) is 2.35. The fourth-order valence-electron chi connectivity index (χ4n) is 1.93. The average Bonchev–Trinajstić information content (AvgIpc) is 2.30. The Morgan fingerprint density at radius 1 is 1.50 bits per heavy atom. The second-order valence-corrected chi connectivity index (χ2v) is 4.74. The molecule has 0 aromatic carbocycles. The summed E-state index contributed by atoms with van der Waals surface area (Å²) in [6, 6.07) is 1.68. The first kappa shape index (κ1) is 11.4. The number of carbonyl (C=O) groups is 1. The van der Waals surface area contributed by atoms with Crippen LogP contribution in [0.1, 0.15) is 30.1 Å². The predicted molar refractivity (Wildman–Crippen MR) is 63.5 cm³/mol. The maximum absolute atomic E-state index is 12.1. The zero-order valence-corrected chi connectivity index (χ0v) is 10.1. The molecule has 1 aromatic rings. The molecule has 1 amide bonds. The molecule has 16 heavy (non-hydrogen) atoms. The molecule has 4 heteroatoms. The lowest BCUT2D eigenvalue weighted by Gasteiger charge is -2.30. The average molecular weight is 239 g/mol. The first-order chi connectivity index (χ1) is 7.68. The zero-order chi connectivity index (χ0) is 11.5. The molecular weight excluding hydrogens is 224 g/mol. The molecule has 2 rings (SSSR count). The second kappa shape index (κ2) is 4.83. The topological polar surface area (TPSA) is 33.2 Å². The Hall–Kier alpha value is -1.09. The number of pyridine rings is 1. The van der Waals surface area contributed by atoms with Crippen molar-refractivity contribution in [1.82, 2.24) is 9.88 Å². The van der Waals surface area contributed by atoms with Gasteiger partial charge in [0.15, 0.2) is 0 Å². The van der Waals surface area contributed by atoms with Crippen molar-refractivity contribution in [2.45, 2.75) is 19.8 Å². The summed E-state index contributed by atoms with van der Waals surface area (Å²) in [6.45, 7) is 3.89. The molecular formula is C12H15ClN2O. The third-order valence-electron chi connectivity index (χ3n) is 3.07. The number of aromatic nitrogens is 1. The van der Waals surface area contributed by atoms with E-state index in [0.717, 1.165) is 31.8 Å². The summed E-state index contributed by atoms with van der Waals surface area (Å²) in [4.78, 5) is 17.9. The minimum atomic E-state index is 0.0271.